The zero-order chi connectivity index (χ0) is 13.8. The minimum atomic E-state index is 0.475. The second-order valence-electron chi connectivity index (χ2n) is 4.47. The highest BCUT2D eigenvalue weighted by molar-refractivity contribution is 9.10. The van der Waals surface area contributed by atoms with Gasteiger partial charge in [0.1, 0.15) is 0 Å². The van der Waals surface area contributed by atoms with Gasteiger partial charge in [0.05, 0.1) is 0 Å². The van der Waals surface area contributed by atoms with E-state index in [0.29, 0.717) is 6.54 Å². The fourth-order valence-electron chi connectivity index (χ4n) is 1.80. The molecule has 1 heterocycles. The van der Waals surface area contributed by atoms with Crippen molar-refractivity contribution >= 4 is 21.9 Å². The molecule has 100 valence electrons. The molecule has 0 atom stereocenters. The zero-order valence-corrected chi connectivity index (χ0v) is 12.7. The van der Waals surface area contributed by atoms with Crippen LogP contribution >= 0.6 is 15.9 Å². The third-order valence-corrected chi connectivity index (χ3v) is 3.49. The minimum absolute atomic E-state index is 0.475. The average molecular weight is 321 g/mol. The van der Waals surface area contributed by atoms with E-state index >= 15 is 0 Å². The Morgan fingerprint density at radius 2 is 1.95 bits per heavy atom. The molecule has 5 heteroatoms. The molecule has 0 fully saturated rings. The number of anilines is 1. The Balaban J connectivity index is 2.13. The van der Waals surface area contributed by atoms with Crippen molar-refractivity contribution in [2.45, 2.75) is 20.0 Å². The smallest absolute Gasteiger partial charge is 0.225 e. The lowest BCUT2D eigenvalue weighted by Crippen LogP contribution is -2.20. The zero-order valence-electron chi connectivity index (χ0n) is 11.1. The van der Waals surface area contributed by atoms with E-state index in [0.717, 1.165) is 28.2 Å². The summed E-state index contributed by atoms with van der Waals surface area (Å²) in [5.74, 6) is 0.720. The van der Waals surface area contributed by atoms with Gasteiger partial charge >= 0.3 is 0 Å². The second-order valence-corrected chi connectivity index (χ2v) is 5.38. The van der Waals surface area contributed by atoms with Gasteiger partial charge in [0.15, 0.2) is 0 Å². The van der Waals surface area contributed by atoms with Crippen molar-refractivity contribution in [3.63, 3.8) is 0 Å². The van der Waals surface area contributed by atoms with E-state index in [1.807, 2.05) is 31.0 Å². The summed E-state index contributed by atoms with van der Waals surface area (Å²) >= 11 is 3.43. The molecule has 0 aliphatic rings. The SMILES string of the molecule is Cc1nc(N(C)Cc2ccc(Br)cc2)ncc1CN. The van der Waals surface area contributed by atoms with E-state index in [2.05, 4.69) is 38.0 Å². The van der Waals surface area contributed by atoms with E-state index in [1.54, 1.807) is 6.20 Å². The molecule has 0 aliphatic carbocycles. The van der Waals surface area contributed by atoms with Gasteiger partial charge in [-0.2, -0.15) is 0 Å². The molecule has 19 heavy (non-hydrogen) atoms. The lowest BCUT2D eigenvalue weighted by molar-refractivity contribution is 0.846. The quantitative estimate of drug-likeness (QED) is 0.941. The number of halogens is 1. The average Bonchev–Trinajstić information content (AvgIpc) is 2.41. The molecule has 0 amide bonds. The number of rotatable bonds is 4. The molecule has 2 rings (SSSR count). The van der Waals surface area contributed by atoms with Crippen LogP contribution in [0.2, 0.25) is 0 Å². The summed E-state index contributed by atoms with van der Waals surface area (Å²) in [6.07, 6.45) is 1.80. The van der Waals surface area contributed by atoms with Gasteiger partial charge in [-0.15, -0.1) is 0 Å². The Morgan fingerprint density at radius 3 is 2.53 bits per heavy atom. The van der Waals surface area contributed by atoms with E-state index in [9.17, 15) is 0 Å². The first-order chi connectivity index (χ1) is 9.10. The van der Waals surface area contributed by atoms with Gasteiger partial charge in [-0.05, 0) is 24.6 Å². The molecule has 0 aliphatic heterocycles. The van der Waals surface area contributed by atoms with Gasteiger partial charge < -0.3 is 10.6 Å². The maximum atomic E-state index is 5.62. The van der Waals surface area contributed by atoms with Gasteiger partial charge in [-0.1, -0.05) is 28.1 Å². The predicted molar refractivity (Wildman–Crippen MR) is 80.9 cm³/mol. The summed E-state index contributed by atoms with van der Waals surface area (Å²) in [4.78, 5) is 10.9. The molecule has 1 aromatic carbocycles. The molecule has 0 saturated heterocycles. The fraction of sp³-hybridized carbons (Fsp3) is 0.286. The standard InChI is InChI=1S/C14H17BrN4/c1-10-12(7-16)8-17-14(18-10)19(2)9-11-3-5-13(15)6-4-11/h3-6,8H,7,9,16H2,1-2H3. The molecule has 1 aromatic heterocycles. The van der Waals surface area contributed by atoms with Gasteiger partial charge in [0, 0.05) is 42.1 Å². The fourth-order valence-corrected chi connectivity index (χ4v) is 2.06. The number of benzene rings is 1. The third-order valence-electron chi connectivity index (χ3n) is 2.96. The van der Waals surface area contributed by atoms with E-state index in [-0.39, 0.29) is 0 Å². The van der Waals surface area contributed by atoms with Crippen molar-refractivity contribution in [2.75, 3.05) is 11.9 Å². The monoisotopic (exact) mass is 320 g/mol. The maximum absolute atomic E-state index is 5.62. The molecule has 0 spiro atoms. The van der Waals surface area contributed by atoms with Crippen LogP contribution in [0.25, 0.3) is 0 Å². The van der Waals surface area contributed by atoms with E-state index in [4.69, 9.17) is 5.73 Å². The van der Waals surface area contributed by atoms with Crippen LogP contribution in [0.5, 0.6) is 0 Å². The maximum Gasteiger partial charge on any atom is 0.225 e. The third kappa shape index (κ3) is 3.52. The molecule has 0 radical (unpaired) electrons. The predicted octanol–water partition coefficient (Wildman–Crippen LogP) is 2.64. The van der Waals surface area contributed by atoms with Crippen molar-refractivity contribution in [1.29, 1.82) is 0 Å². The highest BCUT2D eigenvalue weighted by atomic mass is 79.9. The molecule has 0 unspecified atom stereocenters. The molecule has 0 saturated carbocycles. The summed E-state index contributed by atoms with van der Waals surface area (Å²) in [5, 5.41) is 0. The largest absolute Gasteiger partial charge is 0.340 e. The summed E-state index contributed by atoms with van der Waals surface area (Å²) in [5.41, 5.74) is 8.76. The van der Waals surface area contributed by atoms with Crippen molar-refractivity contribution in [3.05, 3.63) is 51.8 Å². The van der Waals surface area contributed by atoms with Gasteiger partial charge in [-0.3, -0.25) is 0 Å². The molecular weight excluding hydrogens is 304 g/mol. The summed E-state index contributed by atoms with van der Waals surface area (Å²) in [7, 11) is 1.99. The highest BCUT2D eigenvalue weighted by Gasteiger charge is 2.07. The summed E-state index contributed by atoms with van der Waals surface area (Å²) in [6, 6.07) is 8.24. The number of aromatic nitrogens is 2. The van der Waals surface area contributed by atoms with Crippen molar-refractivity contribution in [3.8, 4) is 0 Å². The van der Waals surface area contributed by atoms with Crippen LogP contribution in [-0.2, 0) is 13.1 Å². The number of hydrogen-bond acceptors (Lipinski definition) is 4. The Bertz CT molecular complexity index is 554. The van der Waals surface area contributed by atoms with Crippen LogP contribution in [0.4, 0.5) is 5.95 Å². The first kappa shape index (κ1) is 14.0. The van der Waals surface area contributed by atoms with E-state index in [1.165, 1.54) is 5.56 Å². The van der Waals surface area contributed by atoms with Crippen LogP contribution in [0, 0.1) is 6.92 Å². The molecule has 0 bridgehead atoms. The molecule has 2 aromatic rings. The second kappa shape index (κ2) is 6.12. The Labute approximate surface area is 121 Å². The van der Waals surface area contributed by atoms with Gasteiger partial charge in [0.2, 0.25) is 5.95 Å². The molecule has 2 N–H and O–H groups in total. The first-order valence-corrected chi connectivity index (χ1v) is 6.87. The number of nitrogens with zero attached hydrogens (tertiary/aromatic N) is 3. The van der Waals surface area contributed by atoms with E-state index < -0.39 is 0 Å². The van der Waals surface area contributed by atoms with Gasteiger partial charge in [-0.25, -0.2) is 9.97 Å². The number of aryl methyl sites for hydroxylation is 1. The van der Waals surface area contributed by atoms with Crippen LogP contribution in [0.1, 0.15) is 16.8 Å². The van der Waals surface area contributed by atoms with Crippen molar-refractivity contribution in [2.24, 2.45) is 5.73 Å². The molecule has 4 nitrogen and oxygen atoms in total. The molecular formula is C14H17BrN4. The van der Waals surface area contributed by atoms with Crippen molar-refractivity contribution < 1.29 is 0 Å². The first-order valence-electron chi connectivity index (χ1n) is 6.08. The van der Waals surface area contributed by atoms with Crippen LogP contribution in [0.15, 0.2) is 34.9 Å². The number of hydrogen-bond donors (Lipinski definition) is 1. The summed E-state index contributed by atoms with van der Waals surface area (Å²) in [6.45, 7) is 3.21. The Morgan fingerprint density at radius 1 is 1.26 bits per heavy atom. The van der Waals surface area contributed by atoms with Crippen molar-refractivity contribution in [1.82, 2.24) is 9.97 Å². The van der Waals surface area contributed by atoms with Crippen LogP contribution in [-0.4, -0.2) is 17.0 Å². The lowest BCUT2D eigenvalue weighted by Gasteiger charge is -2.18. The number of nitrogens with two attached hydrogens (primary N) is 1. The summed E-state index contributed by atoms with van der Waals surface area (Å²) < 4.78 is 1.08. The highest BCUT2D eigenvalue weighted by Crippen LogP contribution is 2.15. The Kier molecular flexibility index (Phi) is 4.50. The lowest BCUT2D eigenvalue weighted by atomic mass is 10.2. The van der Waals surface area contributed by atoms with Gasteiger partial charge in [0.25, 0.3) is 0 Å². The minimum Gasteiger partial charge on any atom is -0.340 e. The van der Waals surface area contributed by atoms with Crippen LogP contribution in [0.3, 0.4) is 0 Å². The topological polar surface area (TPSA) is 55.0 Å². The van der Waals surface area contributed by atoms with Crippen LogP contribution < -0.4 is 10.6 Å². The Hall–Kier alpha value is -1.46. The normalized spacial score (nSPS) is 10.5.